The van der Waals surface area contributed by atoms with Crippen molar-refractivity contribution in [2.75, 3.05) is 0 Å². The molecule has 0 fully saturated rings. The van der Waals surface area contributed by atoms with Gasteiger partial charge in [0, 0.05) is 44.9 Å². The highest BCUT2D eigenvalue weighted by molar-refractivity contribution is 5.99. The van der Waals surface area contributed by atoms with Crippen molar-refractivity contribution in [3.8, 4) is 89.7 Å². The van der Waals surface area contributed by atoms with Gasteiger partial charge in [-0.2, -0.15) is 0 Å². The molecule has 0 aliphatic rings. The van der Waals surface area contributed by atoms with Crippen LogP contribution in [0, 0.1) is 6.85 Å². The van der Waals surface area contributed by atoms with Crippen molar-refractivity contribution in [1.29, 1.82) is 0 Å². The van der Waals surface area contributed by atoms with Crippen LogP contribution in [0.5, 0.6) is 5.75 Å². The highest BCUT2D eigenvalue weighted by Crippen LogP contribution is 2.47. The van der Waals surface area contributed by atoms with E-state index < -0.39 is 73.4 Å². The van der Waals surface area contributed by atoms with E-state index in [0.29, 0.717) is 72.7 Å². The largest absolute Gasteiger partial charge is 0.507 e. The Morgan fingerprint density at radius 3 is 1.75 bits per heavy atom. The molecule has 0 aliphatic heterocycles. The summed E-state index contributed by atoms with van der Waals surface area (Å²) in [5.74, 6) is 0.400. The first kappa shape index (κ1) is 31.4. The van der Waals surface area contributed by atoms with E-state index in [1.165, 1.54) is 18.3 Å². The summed E-state index contributed by atoms with van der Waals surface area (Å²) in [7, 11) is 0. The normalized spacial score (nSPS) is 16.1. The first-order valence-corrected chi connectivity index (χ1v) is 23.5. The summed E-state index contributed by atoms with van der Waals surface area (Å²) in [6, 6.07) is 46.7. The second-order valence-electron chi connectivity index (χ2n) is 20.1. The van der Waals surface area contributed by atoms with Crippen molar-refractivity contribution in [3.63, 3.8) is 0 Å². The van der Waals surface area contributed by atoms with Crippen LogP contribution in [-0.2, 0) is 16.2 Å². The Labute approximate surface area is 442 Å². The second-order valence-corrected chi connectivity index (χ2v) is 20.1. The molecule has 0 unspecified atom stereocenters. The molecule has 4 heteroatoms. The maximum atomic E-state index is 12.8. The average molecular weight is 942 g/mol. The molecule has 0 spiro atoms. The maximum absolute atomic E-state index is 12.8. The molecule has 8 aromatic carbocycles. The molecule has 0 saturated carbocycles. The number of aryl methyl sites for hydroxylation is 1. The Morgan fingerprint density at radius 2 is 1.11 bits per heavy atom. The van der Waals surface area contributed by atoms with Gasteiger partial charge in [-0.3, -0.25) is 9.55 Å². The molecule has 4 nitrogen and oxygen atoms in total. The van der Waals surface area contributed by atoms with Gasteiger partial charge in [0.15, 0.2) is 0 Å². The van der Waals surface area contributed by atoms with Gasteiger partial charge >= 0.3 is 0 Å². The van der Waals surface area contributed by atoms with Gasteiger partial charge in [-0.25, -0.2) is 4.98 Å². The van der Waals surface area contributed by atoms with E-state index in [1.807, 2.05) is 171 Å². The Hall–Kier alpha value is -7.82. The summed E-state index contributed by atoms with van der Waals surface area (Å²) in [4.78, 5) is 10.4. The monoisotopic (exact) mass is 942 g/mol. The van der Waals surface area contributed by atoms with E-state index in [-0.39, 0.29) is 22.4 Å². The number of phenolic OH excluding ortho intramolecular Hbond substituents is 1. The molecule has 10 aromatic rings. The van der Waals surface area contributed by atoms with Crippen LogP contribution in [0.4, 0.5) is 0 Å². The third-order valence-electron chi connectivity index (χ3n) is 13.0. The van der Waals surface area contributed by atoms with Crippen LogP contribution >= 0.6 is 0 Å². The van der Waals surface area contributed by atoms with Gasteiger partial charge in [0.25, 0.3) is 0 Å². The average Bonchev–Trinajstić information content (AvgIpc) is 0.824. The molecule has 0 atom stereocenters. The van der Waals surface area contributed by atoms with Crippen LogP contribution in [-0.4, -0.2) is 19.6 Å². The number of nitrogens with zero attached hydrogens (tertiary/aromatic N) is 3. The molecule has 1 N–H and O–H groups in total. The molecule has 10 rings (SSSR count). The molecule has 2 heterocycles. The zero-order valence-electron chi connectivity index (χ0n) is 56.5. The van der Waals surface area contributed by atoms with Crippen molar-refractivity contribution >= 4 is 11.0 Å². The van der Waals surface area contributed by atoms with E-state index in [1.54, 1.807) is 6.07 Å². The van der Waals surface area contributed by atoms with E-state index >= 15 is 0 Å². The van der Waals surface area contributed by atoms with Gasteiger partial charge in [0.05, 0.1) is 33.5 Å². The standard InChI is InChI=1S/C67H63N3O/c1-43-35-56(47-25-18-13-19-26-47)61(42-55(43)46-23-16-12-17-24-46)70-60-28-20-27-54(62(60)69-64(70)57-40-53(66(5,6)7)41-58(63(57)71)67(8,9)10)50-36-49(44-21-14-11-15-22-44)37-51(38-50)59-39-48(33-34-68-59)45-29-31-52(32-30-45)65(2,3)4/h11-42,71H,1-10H3/i1D3,2D3,3D3,4D3,29D,30D,31D,32D. The molecule has 0 amide bonds. The van der Waals surface area contributed by atoms with Crippen molar-refractivity contribution in [2.24, 2.45) is 0 Å². The van der Waals surface area contributed by atoms with Crippen LogP contribution < -0.4 is 0 Å². The zero-order chi connectivity index (χ0) is 63.3. The number of fused-ring (bicyclic) bond motifs is 1. The summed E-state index contributed by atoms with van der Waals surface area (Å²) >= 11 is 0. The number of phenols is 1. The summed E-state index contributed by atoms with van der Waals surface area (Å²) in [5.41, 5.74) is 3.83. The van der Waals surface area contributed by atoms with Crippen molar-refractivity contribution in [2.45, 2.75) is 85.2 Å². The molecule has 0 radical (unpaired) electrons. The number of rotatable bonds is 8. The van der Waals surface area contributed by atoms with Crippen molar-refractivity contribution < 1.29 is 27.0 Å². The number of aromatic nitrogens is 3. The molecular weight excluding hydrogens is 863 g/mol. The fourth-order valence-electron chi connectivity index (χ4n) is 9.16. The Balaban J connectivity index is 1.28. The number of para-hydroxylation sites is 1. The predicted molar refractivity (Wildman–Crippen MR) is 299 cm³/mol. The Kier molecular flexibility index (Phi) is 8.04. The number of hydrogen-bond acceptors (Lipinski definition) is 3. The predicted octanol–water partition coefficient (Wildman–Crippen LogP) is 18.0. The van der Waals surface area contributed by atoms with E-state index in [2.05, 4.69) is 20.8 Å². The topological polar surface area (TPSA) is 50.9 Å². The second kappa shape index (κ2) is 18.2. The SMILES string of the molecule is [2H]c1c([2H])c(C(C([2H])([2H])[2H])(C([2H])([2H])[2H])C([2H])([2H])[2H])c([2H])c([2H])c1-c1ccnc(-c2cc(-c3ccccc3)cc(-c3cccc4c3nc(-c3cc(C(C)(C)C)cc(C(C)(C)C)c3O)n4-c3cc(-c4ccccc4)c(C([2H])([2H])[2H])cc3-c3ccccc3)c2)c1. The molecule has 352 valence electrons. The van der Waals surface area contributed by atoms with E-state index in [0.717, 1.165) is 22.3 Å². The molecule has 0 bridgehead atoms. The first-order valence-electron chi connectivity index (χ1n) is 31.5. The van der Waals surface area contributed by atoms with Crippen LogP contribution in [0.1, 0.15) is 106 Å². The maximum Gasteiger partial charge on any atom is 0.149 e. The van der Waals surface area contributed by atoms with Crippen LogP contribution in [0.2, 0.25) is 0 Å². The molecule has 0 aliphatic carbocycles. The number of benzene rings is 8. The molecule has 0 saturated heterocycles. The lowest BCUT2D eigenvalue weighted by molar-refractivity contribution is 0.446. The summed E-state index contributed by atoms with van der Waals surface area (Å²) in [6.45, 7) is -1.63. The molecule has 71 heavy (non-hydrogen) atoms. The lowest BCUT2D eigenvalue weighted by Gasteiger charge is -2.28. The highest BCUT2D eigenvalue weighted by Gasteiger charge is 2.30. The summed E-state index contributed by atoms with van der Waals surface area (Å²) < 4.78 is 140. The molecular formula is C67H63N3O. The van der Waals surface area contributed by atoms with Crippen molar-refractivity contribution in [1.82, 2.24) is 14.5 Å². The lowest BCUT2D eigenvalue weighted by Crippen LogP contribution is -2.17. The number of hydrogen-bond donors (Lipinski definition) is 1. The van der Waals surface area contributed by atoms with Crippen LogP contribution in [0.25, 0.3) is 95.0 Å². The molecule has 2 aromatic heterocycles. The highest BCUT2D eigenvalue weighted by atomic mass is 16.3. The van der Waals surface area contributed by atoms with Crippen molar-refractivity contribution in [3.05, 3.63) is 216 Å². The van der Waals surface area contributed by atoms with Gasteiger partial charge < -0.3 is 5.11 Å². The summed E-state index contributed by atoms with van der Waals surface area (Å²) in [5, 5.41) is 12.8. The fraction of sp³-hybridized carbons (Fsp3) is 0.194. The van der Waals surface area contributed by atoms with Gasteiger partial charge in [-0.15, -0.1) is 0 Å². The van der Waals surface area contributed by atoms with E-state index in [4.69, 9.17) is 29.2 Å². The fourth-order valence-corrected chi connectivity index (χ4v) is 9.16. The van der Waals surface area contributed by atoms with Crippen LogP contribution in [0.15, 0.2) is 194 Å². The number of imidazole rings is 1. The quantitative estimate of drug-likeness (QED) is 0.165. The Morgan fingerprint density at radius 1 is 0.479 bits per heavy atom. The minimum absolute atomic E-state index is 0.0270. The minimum Gasteiger partial charge on any atom is -0.507 e. The minimum atomic E-state index is -3.84. The number of pyridine rings is 1. The van der Waals surface area contributed by atoms with Gasteiger partial charge in [0.1, 0.15) is 11.6 Å². The lowest BCUT2D eigenvalue weighted by atomic mass is 9.79. The van der Waals surface area contributed by atoms with Crippen LogP contribution in [0.3, 0.4) is 0 Å². The Bertz CT molecular complexity index is 4220. The first-order chi connectivity index (χ1) is 40.6. The van der Waals surface area contributed by atoms with Gasteiger partial charge in [0.2, 0.25) is 0 Å². The third kappa shape index (κ3) is 9.23. The van der Waals surface area contributed by atoms with E-state index in [9.17, 15) is 7.85 Å². The summed E-state index contributed by atoms with van der Waals surface area (Å²) in [6.07, 6.45) is 1.40. The number of aromatic hydroxyl groups is 1. The van der Waals surface area contributed by atoms with Gasteiger partial charge in [-0.05, 0) is 139 Å². The van der Waals surface area contributed by atoms with Gasteiger partial charge in [-0.1, -0.05) is 195 Å². The smallest absolute Gasteiger partial charge is 0.149 e. The zero-order valence-corrected chi connectivity index (χ0v) is 40.5. The third-order valence-corrected chi connectivity index (χ3v) is 13.0.